The molecule has 2 aliphatic rings. The Hall–Kier alpha value is -2.08. The van der Waals surface area contributed by atoms with Gasteiger partial charge < -0.3 is 20.3 Å². The maximum Gasteiger partial charge on any atom is 0.266 e. The standard InChI is InChI=1S/C20H29N3O3/c1-14-6-5-7-17(10-14)26-19(3,4)18(25)23-9-8-16-11-21-12-20(16,13-23)22-15(2)24/h5-7,10,16,21H,8-9,11-13H2,1-4H3,(H,22,24)/t16-,20+/m1/s1. The van der Waals surface area contributed by atoms with Gasteiger partial charge in [-0.2, -0.15) is 0 Å². The number of hydrogen-bond donors (Lipinski definition) is 2. The molecule has 3 rings (SSSR count). The zero-order valence-corrected chi connectivity index (χ0v) is 16.1. The van der Waals surface area contributed by atoms with Crippen LogP contribution in [0.25, 0.3) is 0 Å². The Morgan fingerprint density at radius 3 is 2.85 bits per heavy atom. The van der Waals surface area contributed by atoms with Gasteiger partial charge in [0.2, 0.25) is 5.91 Å². The monoisotopic (exact) mass is 359 g/mol. The second-order valence-corrected chi connectivity index (χ2v) is 8.11. The van der Waals surface area contributed by atoms with Crippen LogP contribution in [0.2, 0.25) is 0 Å². The van der Waals surface area contributed by atoms with Crippen molar-refractivity contribution in [2.45, 2.75) is 45.3 Å². The summed E-state index contributed by atoms with van der Waals surface area (Å²) < 4.78 is 6.03. The molecule has 2 atom stereocenters. The van der Waals surface area contributed by atoms with Gasteiger partial charge in [-0.3, -0.25) is 9.59 Å². The number of hydrogen-bond acceptors (Lipinski definition) is 4. The second-order valence-electron chi connectivity index (χ2n) is 8.11. The maximum atomic E-state index is 13.2. The van der Waals surface area contributed by atoms with Crippen molar-refractivity contribution in [1.29, 1.82) is 0 Å². The predicted molar refractivity (Wildman–Crippen MR) is 100.0 cm³/mol. The van der Waals surface area contributed by atoms with Crippen molar-refractivity contribution in [1.82, 2.24) is 15.5 Å². The number of ether oxygens (including phenoxy) is 1. The van der Waals surface area contributed by atoms with Crippen LogP contribution in [0.15, 0.2) is 24.3 Å². The first-order valence-electron chi connectivity index (χ1n) is 9.26. The van der Waals surface area contributed by atoms with Crippen molar-refractivity contribution in [3.8, 4) is 5.75 Å². The maximum absolute atomic E-state index is 13.2. The lowest BCUT2D eigenvalue weighted by atomic mass is 9.80. The van der Waals surface area contributed by atoms with E-state index < -0.39 is 5.60 Å². The van der Waals surface area contributed by atoms with E-state index in [1.165, 1.54) is 6.92 Å². The molecule has 6 heteroatoms. The molecule has 2 aliphatic heterocycles. The van der Waals surface area contributed by atoms with Crippen molar-refractivity contribution >= 4 is 11.8 Å². The first-order chi connectivity index (χ1) is 12.2. The molecule has 2 heterocycles. The van der Waals surface area contributed by atoms with Crippen LogP contribution in [0.3, 0.4) is 0 Å². The summed E-state index contributed by atoms with van der Waals surface area (Å²) >= 11 is 0. The lowest BCUT2D eigenvalue weighted by molar-refractivity contribution is -0.149. The van der Waals surface area contributed by atoms with Crippen molar-refractivity contribution in [2.75, 3.05) is 26.2 Å². The van der Waals surface area contributed by atoms with Crippen LogP contribution in [-0.4, -0.2) is 54.0 Å². The van der Waals surface area contributed by atoms with Crippen molar-refractivity contribution in [3.05, 3.63) is 29.8 Å². The average molecular weight is 359 g/mol. The Morgan fingerprint density at radius 1 is 1.38 bits per heavy atom. The number of benzene rings is 1. The van der Waals surface area contributed by atoms with Gasteiger partial charge in [-0.1, -0.05) is 12.1 Å². The highest BCUT2D eigenvalue weighted by molar-refractivity contribution is 5.85. The van der Waals surface area contributed by atoms with E-state index in [1.54, 1.807) is 0 Å². The summed E-state index contributed by atoms with van der Waals surface area (Å²) in [5.74, 6) is 0.950. The summed E-state index contributed by atoms with van der Waals surface area (Å²) in [5.41, 5.74) is -0.253. The summed E-state index contributed by atoms with van der Waals surface area (Å²) in [5, 5.41) is 6.49. The highest BCUT2D eigenvalue weighted by Crippen LogP contribution is 2.32. The number of carbonyl (C=O) groups is 2. The minimum absolute atomic E-state index is 0.0471. The molecule has 2 N–H and O–H groups in total. The van der Waals surface area contributed by atoms with Crippen molar-refractivity contribution in [3.63, 3.8) is 0 Å². The van der Waals surface area contributed by atoms with Gasteiger partial charge in [0.15, 0.2) is 5.60 Å². The number of carbonyl (C=O) groups excluding carboxylic acids is 2. The van der Waals surface area contributed by atoms with E-state index in [9.17, 15) is 9.59 Å². The summed E-state index contributed by atoms with van der Waals surface area (Å²) in [7, 11) is 0. The smallest absolute Gasteiger partial charge is 0.266 e. The van der Waals surface area contributed by atoms with Crippen LogP contribution < -0.4 is 15.4 Å². The molecule has 0 saturated carbocycles. The van der Waals surface area contributed by atoms with Gasteiger partial charge in [0.25, 0.3) is 5.91 Å². The molecule has 2 fully saturated rings. The fourth-order valence-corrected chi connectivity index (χ4v) is 4.21. The quantitative estimate of drug-likeness (QED) is 0.854. The topological polar surface area (TPSA) is 70.7 Å². The molecule has 1 aromatic rings. The molecule has 2 saturated heterocycles. The van der Waals surface area contributed by atoms with Crippen LogP contribution in [-0.2, 0) is 9.59 Å². The Kier molecular flexibility index (Phi) is 4.97. The molecular weight excluding hydrogens is 330 g/mol. The number of nitrogens with one attached hydrogen (secondary N) is 2. The van der Waals surface area contributed by atoms with Crippen LogP contribution in [0.5, 0.6) is 5.75 Å². The third-order valence-corrected chi connectivity index (χ3v) is 5.42. The first kappa shape index (κ1) is 18.7. The molecule has 0 aliphatic carbocycles. The Morgan fingerprint density at radius 2 is 2.15 bits per heavy atom. The lowest BCUT2D eigenvalue weighted by Gasteiger charge is -2.46. The SMILES string of the molecule is CC(=O)N[C@]12CNC[C@H]1CCN(C(=O)C(C)(C)Oc1cccc(C)c1)C2. The van der Waals surface area contributed by atoms with Gasteiger partial charge in [0, 0.05) is 33.1 Å². The number of amides is 2. The summed E-state index contributed by atoms with van der Waals surface area (Å²) in [6, 6.07) is 7.72. The third kappa shape index (κ3) is 3.70. The number of rotatable bonds is 4. The van der Waals surface area contributed by atoms with Crippen molar-refractivity contribution < 1.29 is 14.3 Å². The van der Waals surface area contributed by atoms with Gasteiger partial charge in [-0.05, 0) is 50.8 Å². The molecule has 0 aromatic heterocycles. The largest absolute Gasteiger partial charge is 0.478 e. The Bertz CT molecular complexity index is 703. The highest BCUT2D eigenvalue weighted by Gasteiger charge is 2.50. The molecule has 1 aromatic carbocycles. The third-order valence-electron chi connectivity index (χ3n) is 5.42. The molecule has 26 heavy (non-hydrogen) atoms. The van der Waals surface area contributed by atoms with Gasteiger partial charge >= 0.3 is 0 Å². The zero-order valence-electron chi connectivity index (χ0n) is 16.1. The number of likely N-dealkylation sites (tertiary alicyclic amines) is 1. The molecule has 6 nitrogen and oxygen atoms in total. The van der Waals surface area contributed by atoms with Gasteiger partial charge in [-0.25, -0.2) is 0 Å². The molecule has 0 unspecified atom stereocenters. The number of piperidine rings is 1. The van der Waals surface area contributed by atoms with Crippen LogP contribution in [0.1, 0.15) is 32.8 Å². The zero-order chi connectivity index (χ0) is 18.9. The molecule has 142 valence electrons. The van der Waals surface area contributed by atoms with E-state index in [-0.39, 0.29) is 17.4 Å². The number of aryl methyl sites for hydroxylation is 1. The minimum Gasteiger partial charge on any atom is -0.478 e. The van der Waals surface area contributed by atoms with E-state index in [0.717, 1.165) is 18.5 Å². The highest BCUT2D eigenvalue weighted by atomic mass is 16.5. The van der Waals surface area contributed by atoms with E-state index in [4.69, 9.17) is 4.74 Å². The first-order valence-corrected chi connectivity index (χ1v) is 9.26. The van der Waals surface area contributed by atoms with Crippen molar-refractivity contribution in [2.24, 2.45) is 5.92 Å². The van der Waals surface area contributed by atoms with E-state index >= 15 is 0 Å². The fourth-order valence-electron chi connectivity index (χ4n) is 4.21. The lowest BCUT2D eigenvalue weighted by Crippen LogP contribution is -2.66. The van der Waals surface area contributed by atoms with Gasteiger partial charge in [0.1, 0.15) is 5.75 Å². The van der Waals surface area contributed by atoms with E-state index in [2.05, 4.69) is 10.6 Å². The Balaban J connectivity index is 1.75. The Labute approximate surface area is 155 Å². The molecule has 0 radical (unpaired) electrons. The van der Waals surface area contributed by atoms with Gasteiger partial charge in [-0.15, -0.1) is 0 Å². The summed E-state index contributed by atoms with van der Waals surface area (Å²) in [4.78, 5) is 26.8. The molecule has 0 spiro atoms. The second kappa shape index (κ2) is 6.91. The van der Waals surface area contributed by atoms with Crippen LogP contribution in [0, 0.1) is 12.8 Å². The number of nitrogens with zero attached hydrogens (tertiary/aromatic N) is 1. The normalized spacial score (nSPS) is 25.5. The minimum atomic E-state index is -0.968. The molecular formula is C20H29N3O3. The fraction of sp³-hybridized carbons (Fsp3) is 0.600. The number of fused-ring (bicyclic) bond motifs is 1. The summed E-state index contributed by atoms with van der Waals surface area (Å²) in [6.45, 7) is 9.93. The van der Waals surface area contributed by atoms with Crippen LogP contribution >= 0.6 is 0 Å². The predicted octanol–water partition coefficient (Wildman–Crippen LogP) is 1.48. The van der Waals surface area contributed by atoms with Gasteiger partial charge in [0.05, 0.1) is 5.54 Å². The average Bonchev–Trinajstić information content (AvgIpc) is 2.95. The van der Waals surface area contributed by atoms with Crippen LogP contribution in [0.4, 0.5) is 0 Å². The van der Waals surface area contributed by atoms with E-state index in [1.807, 2.05) is 49.9 Å². The van der Waals surface area contributed by atoms with E-state index in [0.29, 0.717) is 31.3 Å². The summed E-state index contributed by atoms with van der Waals surface area (Å²) in [6.07, 6.45) is 0.875. The molecule has 0 bridgehead atoms. The molecule has 2 amide bonds.